The third-order valence-electron chi connectivity index (χ3n) is 3.51. The summed E-state index contributed by atoms with van der Waals surface area (Å²) in [6, 6.07) is 1.47. The van der Waals surface area contributed by atoms with Crippen molar-refractivity contribution >= 4 is 0 Å². The second-order valence-corrected chi connectivity index (χ2v) is 5.29. The van der Waals surface area contributed by atoms with Crippen molar-refractivity contribution < 1.29 is 0 Å². The zero-order valence-electron chi connectivity index (χ0n) is 11.2. The van der Waals surface area contributed by atoms with Crippen molar-refractivity contribution in [3.63, 3.8) is 0 Å². The van der Waals surface area contributed by atoms with E-state index in [0.29, 0.717) is 24.0 Å². The van der Waals surface area contributed by atoms with Gasteiger partial charge in [0.25, 0.3) is 0 Å². The monoisotopic (exact) mass is 222 g/mol. The summed E-state index contributed by atoms with van der Waals surface area (Å²) in [5.41, 5.74) is 0. The summed E-state index contributed by atoms with van der Waals surface area (Å²) in [5, 5.41) is 3.55. The molecule has 2 nitrogen and oxygen atoms in total. The Labute approximate surface area is 101 Å². The lowest BCUT2D eigenvalue weighted by molar-refractivity contribution is 0.0769. The zero-order chi connectivity index (χ0) is 12.1. The van der Waals surface area contributed by atoms with Crippen LogP contribution in [0, 0.1) is 18.3 Å². The summed E-state index contributed by atoms with van der Waals surface area (Å²) in [6.45, 7) is 11.2. The topological polar surface area (TPSA) is 15.3 Å². The molecule has 0 amide bonds. The summed E-state index contributed by atoms with van der Waals surface area (Å²) in [5.74, 6) is 3.64. The summed E-state index contributed by atoms with van der Waals surface area (Å²) < 4.78 is 0. The SMILES string of the molecule is C#CC(CCC)N1CC(C)NCC1C(C)C. The van der Waals surface area contributed by atoms with Gasteiger partial charge >= 0.3 is 0 Å². The van der Waals surface area contributed by atoms with Crippen LogP contribution in [-0.2, 0) is 0 Å². The van der Waals surface area contributed by atoms with E-state index in [4.69, 9.17) is 6.42 Å². The highest BCUT2D eigenvalue weighted by molar-refractivity contribution is 5.04. The van der Waals surface area contributed by atoms with Gasteiger partial charge in [-0.3, -0.25) is 4.90 Å². The van der Waals surface area contributed by atoms with Crippen LogP contribution >= 0.6 is 0 Å². The average molecular weight is 222 g/mol. The third kappa shape index (κ3) is 3.23. The molecule has 1 N–H and O–H groups in total. The standard InChI is InChI=1S/C14H26N2/c1-6-8-13(7-2)16-10-12(5)15-9-14(16)11(3)4/h2,11-15H,6,8-10H2,1,3-5H3. The molecule has 1 aliphatic heterocycles. The van der Waals surface area contributed by atoms with Gasteiger partial charge in [-0.05, 0) is 19.3 Å². The molecular weight excluding hydrogens is 196 g/mol. The minimum atomic E-state index is 0.321. The Morgan fingerprint density at radius 1 is 1.50 bits per heavy atom. The number of hydrogen-bond acceptors (Lipinski definition) is 2. The fourth-order valence-electron chi connectivity index (χ4n) is 2.55. The van der Waals surface area contributed by atoms with E-state index in [1.807, 2.05) is 0 Å². The molecule has 92 valence electrons. The quantitative estimate of drug-likeness (QED) is 0.733. The van der Waals surface area contributed by atoms with E-state index in [2.05, 4.69) is 43.8 Å². The van der Waals surface area contributed by atoms with Crippen LogP contribution in [0.25, 0.3) is 0 Å². The van der Waals surface area contributed by atoms with Gasteiger partial charge in [-0.1, -0.05) is 33.1 Å². The van der Waals surface area contributed by atoms with E-state index in [-0.39, 0.29) is 0 Å². The maximum absolute atomic E-state index is 5.69. The fraction of sp³-hybridized carbons (Fsp3) is 0.857. The minimum Gasteiger partial charge on any atom is -0.311 e. The lowest BCUT2D eigenvalue weighted by atomic mass is 9.95. The van der Waals surface area contributed by atoms with Gasteiger partial charge in [0.15, 0.2) is 0 Å². The molecule has 1 heterocycles. The average Bonchev–Trinajstić information content (AvgIpc) is 2.25. The molecule has 1 saturated heterocycles. The normalized spacial score (nSPS) is 29.0. The molecule has 0 aromatic heterocycles. The Morgan fingerprint density at radius 2 is 2.19 bits per heavy atom. The van der Waals surface area contributed by atoms with Crippen LogP contribution in [0.2, 0.25) is 0 Å². The number of piperazine rings is 1. The lowest BCUT2D eigenvalue weighted by Gasteiger charge is -2.44. The Morgan fingerprint density at radius 3 is 2.69 bits per heavy atom. The van der Waals surface area contributed by atoms with Gasteiger partial charge in [0.1, 0.15) is 0 Å². The molecule has 1 fully saturated rings. The van der Waals surface area contributed by atoms with Gasteiger partial charge in [-0.2, -0.15) is 0 Å². The molecular formula is C14H26N2. The molecule has 0 aromatic rings. The van der Waals surface area contributed by atoms with Gasteiger partial charge in [0.2, 0.25) is 0 Å². The second kappa shape index (κ2) is 6.27. The summed E-state index contributed by atoms with van der Waals surface area (Å²) in [7, 11) is 0. The van der Waals surface area contributed by atoms with Crippen LogP contribution in [0.3, 0.4) is 0 Å². The third-order valence-corrected chi connectivity index (χ3v) is 3.51. The van der Waals surface area contributed by atoms with E-state index in [0.717, 1.165) is 25.9 Å². The Bertz CT molecular complexity index is 242. The van der Waals surface area contributed by atoms with E-state index in [1.54, 1.807) is 0 Å². The first-order chi connectivity index (χ1) is 7.60. The fourth-order valence-corrected chi connectivity index (χ4v) is 2.55. The first kappa shape index (κ1) is 13.5. The first-order valence-electron chi connectivity index (χ1n) is 6.55. The van der Waals surface area contributed by atoms with Crippen molar-refractivity contribution in [1.82, 2.24) is 10.2 Å². The summed E-state index contributed by atoms with van der Waals surface area (Å²) in [6.07, 6.45) is 7.97. The largest absolute Gasteiger partial charge is 0.311 e. The van der Waals surface area contributed by atoms with E-state index < -0.39 is 0 Å². The van der Waals surface area contributed by atoms with Crippen LogP contribution < -0.4 is 5.32 Å². The van der Waals surface area contributed by atoms with Crippen LogP contribution in [0.15, 0.2) is 0 Å². The molecule has 0 aliphatic carbocycles. The predicted molar refractivity (Wildman–Crippen MR) is 70.3 cm³/mol. The highest BCUT2D eigenvalue weighted by Gasteiger charge is 2.31. The van der Waals surface area contributed by atoms with Crippen LogP contribution in [0.1, 0.15) is 40.5 Å². The van der Waals surface area contributed by atoms with Crippen molar-refractivity contribution in [3.8, 4) is 12.3 Å². The number of terminal acetylenes is 1. The predicted octanol–water partition coefficient (Wildman–Crippen LogP) is 2.11. The number of hydrogen-bond donors (Lipinski definition) is 1. The van der Waals surface area contributed by atoms with Crippen molar-refractivity contribution in [3.05, 3.63) is 0 Å². The van der Waals surface area contributed by atoms with Crippen LogP contribution in [0.5, 0.6) is 0 Å². The first-order valence-corrected chi connectivity index (χ1v) is 6.55. The lowest BCUT2D eigenvalue weighted by Crippen LogP contribution is -2.60. The molecule has 0 bridgehead atoms. The van der Waals surface area contributed by atoms with Gasteiger partial charge in [-0.25, -0.2) is 0 Å². The summed E-state index contributed by atoms with van der Waals surface area (Å²) >= 11 is 0. The molecule has 3 atom stereocenters. The van der Waals surface area contributed by atoms with Crippen molar-refractivity contribution in [2.45, 2.75) is 58.7 Å². The van der Waals surface area contributed by atoms with E-state index in [9.17, 15) is 0 Å². The van der Waals surface area contributed by atoms with Gasteiger partial charge in [-0.15, -0.1) is 6.42 Å². The number of rotatable bonds is 4. The van der Waals surface area contributed by atoms with Gasteiger partial charge < -0.3 is 5.32 Å². The minimum absolute atomic E-state index is 0.321. The molecule has 3 unspecified atom stereocenters. The molecule has 0 spiro atoms. The van der Waals surface area contributed by atoms with Crippen molar-refractivity contribution in [2.24, 2.45) is 5.92 Å². The van der Waals surface area contributed by atoms with Crippen molar-refractivity contribution in [2.75, 3.05) is 13.1 Å². The molecule has 0 radical (unpaired) electrons. The maximum Gasteiger partial charge on any atom is 0.0715 e. The maximum atomic E-state index is 5.69. The highest BCUT2D eigenvalue weighted by atomic mass is 15.3. The van der Waals surface area contributed by atoms with Gasteiger partial charge in [0, 0.05) is 25.2 Å². The zero-order valence-corrected chi connectivity index (χ0v) is 11.2. The molecule has 2 heteroatoms. The molecule has 1 aliphatic rings. The Kier molecular flexibility index (Phi) is 5.31. The van der Waals surface area contributed by atoms with Crippen molar-refractivity contribution in [1.29, 1.82) is 0 Å². The summed E-state index contributed by atoms with van der Waals surface area (Å²) in [4.78, 5) is 2.54. The highest BCUT2D eigenvalue weighted by Crippen LogP contribution is 2.20. The molecule has 0 aromatic carbocycles. The van der Waals surface area contributed by atoms with Gasteiger partial charge in [0.05, 0.1) is 6.04 Å². The molecule has 0 saturated carbocycles. The Hall–Kier alpha value is -0.520. The van der Waals surface area contributed by atoms with E-state index >= 15 is 0 Å². The number of nitrogens with zero attached hydrogens (tertiary/aromatic N) is 1. The van der Waals surface area contributed by atoms with E-state index in [1.165, 1.54) is 0 Å². The number of nitrogens with one attached hydrogen (secondary N) is 1. The second-order valence-electron chi connectivity index (χ2n) is 5.29. The van der Waals surface area contributed by atoms with Crippen LogP contribution in [0.4, 0.5) is 0 Å². The molecule has 16 heavy (non-hydrogen) atoms. The van der Waals surface area contributed by atoms with Crippen LogP contribution in [-0.4, -0.2) is 36.1 Å². The molecule has 1 rings (SSSR count). The Balaban J connectivity index is 2.73. The smallest absolute Gasteiger partial charge is 0.0715 e.